The van der Waals surface area contributed by atoms with Crippen LogP contribution in [0.1, 0.15) is 16.7 Å². The Hall–Kier alpha value is -1.74. The van der Waals surface area contributed by atoms with Crippen LogP contribution >= 0.6 is 0 Å². The lowest BCUT2D eigenvalue weighted by molar-refractivity contribution is 0.272. The Morgan fingerprint density at radius 1 is 0.667 bits per heavy atom. The Kier molecular flexibility index (Phi) is 5.45. The van der Waals surface area contributed by atoms with E-state index in [0.717, 1.165) is 11.1 Å². The maximum Gasteiger partial charge on any atom is 0.243 e. The first kappa shape index (κ1) is 20.0. The van der Waals surface area contributed by atoms with Crippen molar-refractivity contribution in [3.63, 3.8) is 0 Å². The molecule has 2 aromatic carbocycles. The van der Waals surface area contributed by atoms with E-state index in [1.54, 1.807) is 43.3 Å². The molecule has 1 saturated heterocycles. The van der Waals surface area contributed by atoms with Gasteiger partial charge in [0.15, 0.2) is 0 Å². The van der Waals surface area contributed by atoms with Gasteiger partial charge in [-0.05, 0) is 50.1 Å². The fourth-order valence-corrected chi connectivity index (χ4v) is 6.29. The standard InChI is InChI=1S/C19H24N2O4S2/c1-15-5-8-18(9-6-15)26(22,23)20-10-12-21(13-11-20)27(24,25)19-14-16(2)4-7-17(19)3/h4-9,14H,10-13H2,1-3H3. The van der Waals surface area contributed by atoms with Gasteiger partial charge in [-0.1, -0.05) is 29.8 Å². The highest BCUT2D eigenvalue weighted by molar-refractivity contribution is 7.89. The number of nitrogens with zero attached hydrogens (tertiary/aromatic N) is 2. The van der Waals surface area contributed by atoms with Crippen LogP contribution in [0.5, 0.6) is 0 Å². The molecule has 1 aliphatic rings. The first-order chi connectivity index (χ1) is 12.6. The molecule has 27 heavy (non-hydrogen) atoms. The summed E-state index contributed by atoms with van der Waals surface area (Å²) in [5.41, 5.74) is 2.55. The minimum Gasteiger partial charge on any atom is -0.207 e. The molecular formula is C19H24N2O4S2. The van der Waals surface area contributed by atoms with Gasteiger partial charge in [0.2, 0.25) is 20.0 Å². The summed E-state index contributed by atoms with van der Waals surface area (Å²) in [5, 5.41) is 0. The van der Waals surface area contributed by atoms with Gasteiger partial charge in [0.25, 0.3) is 0 Å². The molecule has 0 amide bonds. The smallest absolute Gasteiger partial charge is 0.207 e. The van der Waals surface area contributed by atoms with Crippen molar-refractivity contribution in [3.8, 4) is 0 Å². The number of hydrogen-bond acceptors (Lipinski definition) is 4. The zero-order chi connectivity index (χ0) is 19.8. The molecule has 0 saturated carbocycles. The van der Waals surface area contributed by atoms with E-state index in [1.807, 2.05) is 19.9 Å². The number of aryl methyl sites for hydroxylation is 3. The van der Waals surface area contributed by atoms with Gasteiger partial charge in [0, 0.05) is 26.2 Å². The molecular weight excluding hydrogens is 384 g/mol. The topological polar surface area (TPSA) is 74.8 Å². The summed E-state index contributed by atoms with van der Waals surface area (Å²) >= 11 is 0. The van der Waals surface area contributed by atoms with Crippen molar-refractivity contribution in [1.29, 1.82) is 0 Å². The van der Waals surface area contributed by atoms with Crippen LogP contribution in [0, 0.1) is 20.8 Å². The number of sulfonamides is 2. The fourth-order valence-electron chi connectivity index (χ4n) is 3.13. The van der Waals surface area contributed by atoms with E-state index in [-0.39, 0.29) is 36.0 Å². The van der Waals surface area contributed by atoms with Crippen LogP contribution in [0.3, 0.4) is 0 Å². The monoisotopic (exact) mass is 408 g/mol. The van der Waals surface area contributed by atoms with Gasteiger partial charge in [-0.3, -0.25) is 0 Å². The number of piperazine rings is 1. The van der Waals surface area contributed by atoms with Gasteiger partial charge >= 0.3 is 0 Å². The first-order valence-corrected chi connectivity index (χ1v) is 11.6. The molecule has 0 N–H and O–H groups in total. The molecule has 0 atom stereocenters. The predicted molar refractivity (Wildman–Crippen MR) is 105 cm³/mol. The molecule has 0 unspecified atom stereocenters. The number of hydrogen-bond donors (Lipinski definition) is 0. The molecule has 1 fully saturated rings. The summed E-state index contributed by atoms with van der Waals surface area (Å²) in [6, 6.07) is 12.0. The van der Waals surface area contributed by atoms with Crippen LogP contribution < -0.4 is 0 Å². The lowest BCUT2D eigenvalue weighted by atomic mass is 10.2. The van der Waals surface area contributed by atoms with Crippen LogP contribution in [0.2, 0.25) is 0 Å². The third-order valence-corrected chi connectivity index (χ3v) is 8.77. The largest absolute Gasteiger partial charge is 0.243 e. The van der Waals surface area contributed by atoms with Gasteiger partial charge in [-0.25, -0.2) is 16.8 Å². The third-order valence-electron chi connectivity index (χ3n) is 4.82. The number of benzene rings is 2. The van der Waals surface area contributed by atoms with Crippen LogP contribution in [-0.4, -0.2) is 51.6 Å². The molecule has 0 bridgehead atoms. The second kappa shape index (κ2) is 7.35. The highest BCUT2D eigenvalue weighted by atomic mass is 32.2. The third kappa shape index (κ3) is 3.94. The average Bonchev–Trinajstić information content (AvgIpc) is 2.64. The molecule has 0 spiro atoms. The highest BCUT2D eigenvalue weighted by Crippen LogP contribution is 2.24. The molecule has 1 aliphatic heterocycles. The fraction of sp³-hybridized carbons (Fsp3) is 0.368. The first-order valence-electron chi connectivity index (χ1n) is 8.76. The Labute approximate surface area is 161 Å². The highest BCUT2D eigenvalue weighted by Gasteiger charge is 2.34. The molecule has 8 heteroatoms. The second-order valence-electron chi connectivity index (χ2n) is 6.89. The van der Waals surface area contributed by atoms with Crippen LogP contribution in [-0.2, 0) is 20.0 Å². The van der Waals surface area contributed by atoms with Crippen molar-refractivity contribution in [1.82, 2.24) is 8.61 Å². The molecule has 0 aliphatic carbocycles. The zero-order valence-electron chi connectivity index (χ0n) is 15.7. The van der Waals surface area contributed by atoms with Crippen LogP contribution in [0.4, 0.5) is 0 Å². The Bertz CT molecular complexity index is 1040. The van der Waals surface area contributed by atoms with E-state index in [9.17, 15) is 16.8 Å². The average molecular weight is 409 g/mol. The maximum atomic E-state index is 13.0. The van der Waals surface area contributed by atoms with E-state index in [2.05, 4.69) is 0 Å². The Morgan fingerprint density at radius 3 is 1.70 bits per heavy atom. The molecule has 3 rings (SSSR count). The van der Waals surface area contributed by atoms with Crippen molar-refractivity contribution in [2.24, 2.45) is 0 Å². The van der Waals surface area contributed by atoms with Crippen molar-refractivity contribution in [2.45, 2.75) is 30.6 Å². The van der Waals surface area contributed by atoms with Crippen LogP contribution in [0.25, 0.3) is 0 Å². The minimum absolute atomic E-state index is 0.139. The molecule has 0 radical (unpaired) electrons. The quantitative estimate of drug-likeness (QED) is 0.778. The SMILES string of the molecule is Cc1ccc(S(=O)(=O)N2CCN(S(=O)(=O)c3cc(C)ccc3C)CC2)cc1. The van der Waals surface area contributed by atoms with E-state index in [1.165, 1.54) is 8.61 Å². The summed E-state index contributed by atoms with van der Waals surface area (Å²) in [4.78, 5) is 0.524. The summed E-state index contributed by atoms with van der Waals surface area (Å²) < 4.78 is 54.3. The molecule has 0 aromatic heterocycles. The summed E-state index contributed by atoms with van der Waals surface area (Å²) in [6.07, 6.45) is 0. The maximum absolute atomic E-state index is 13.0. The Balaban J connectivity index is 1.78. The van der Waals surface area contributed by atoms with Gasteiger partial charge < -0.3 is 0 Å². The zero-order valence-corrected chi connectivity index (χ0v) is 17.3. The van der Waals surface area contributed by atoms with Gasteiger partial charge in [-0.2, -0.15) is 8.61 Å². The minimum atomic E-state index is -3.64. The van der Waals surface area contributed by atoms with E-state index < -0.39 is 20.0 Å². The lowest BCUT2D eigenvalue weighted by Gasteiger charge is -2.33. The van der Waals surface area contributed by atoms with E-state index in [4.69, 9.17) is 0 Å². The normalized spacial score (nSPS) is 17.1. The summed E-state index contributed by atoms with van der Waals surface area (Å²) in [6.45, 7) is 6.07. The molecule has 1 heterocycles. The molecule has 2 aromatic rings. The van der Waals surface area contributed by atoms with Gasteiger partial charge in [0.05, 0.1) is 9.79 Å². The van der Waals surface area contributed by atoms with Crippen molar-refractivity contribution in [2.75, 3.05) is 26.2 Å². The number of rotatable bonds is 4. The lowest BCUT2D eigenvalue weighted by Crippen LogP contribution is -2.50. The summed E-state index contributed by atoms with van der Waals surface area (Å²) in [5.74, 6) is 0. The van der Waals surface area contributed by atoms with Crippen LogP contribution in [0.15, 0.2) is 52.3 Å². The van der Waals surface area contributed by atoms with Crippen molar-refractivity contribution < 1.29 is 16.8 Å². The van der Waals surface area contributed by atoms with E-state index >= 15 is 0 Å². The van der Waals surface area contributed by atoms with Crippen molar-refractivity contribution >= 4 is 20.0 Å². The predicted octanol–water partition coefficient (Wildman–Crippen LogP) is 2.31. The van der Waals surface area contributed by atoms with Crippen molar-refractivity contribution in [3.05, 3.63) is 59.2 Å². The Morgan fingerprint density at radius 2 is 1.15 bits per heavy atom. The molecule has 146 valence electrons. The summed E-state index contributed by atoms with van der Waals surface area (Å²) in [7, 11) is -7.26. The van der Waals surface area contributed by atoms with E-state index in [0.29, 0.717) is 5.56 Å². The molecule has 6 nitrogen and oxygen atoms in total. The van der Waals surface area contributed by atoms with Gasteiger partial charge in [-0.15, -0.1) is 0 Å². The second-order valence-corrected chi connectivity index (χ2v) is 10.7. The van der Waals surface area contributed by atoms with Gasteiger partial charge in [0.1, 0.15) is 0 Å².